The summed E-state index contributed by atoms with van der Waals surface area (Å²) < 4.78 is 5.81. The lowest BCUT2D eigenvalue weighted by Gasteiger charge is -2.32. The van der Waals surface area contributed by atoms with Crippen LogP contribution in [-0.4, -0.2) is 50.5 Å². The number of thioether (sulfide) groups is 1. The molecular weight excluding hydrogens is 292 g/mol. The molecule has 1 aliphatic heterocycles. The third-order valence-electron chi connectivity index (χ3n) is 3.65. The number of benzene rings is 1. The molecule has 2 rings (SSSR count). The monoisotopic (exact) mass is 316 g/mol. The van der Waals surface area contributed by atoms with Crippen molar-refractivity contribution in [2.45, 2.75) is 23.8 Å². The van der Waals surface area contributed by atoms with Crippen molar-refractivity contribution in [2.24, 2.45) is 0 Å². The molecular formula is C15H25ClN2OS. The van der Waals surface area contributed by atoms with Crippen LogP contribution in [0.1, 0.15) is 12.8 Å². The average molecular weight is 317 g/mol. The largest absolute Gasteiger partial charge is 0.492 e. The SMILES string of the molecule is CNC1CCCN(CCOc2ccc(SC)cc2)C1.Cl. The summed E-state index contributed by atoms with van der Waals surface area (Å²) in [6.45, 7) is 4.13. The van der Waals surface area contributed by atoms with Gasteiger partial charge in [-0.1, -0.05) is 0 Å². The Morgan fingerprint density at radius 3 is 2.75 bits per heavy atom. The number of hydrogen-bond acceptors (Lipinski definition) is 4. The van der Waals surface area contributed by atoms with E-state index in [1.165, 1.54) is 24.3 Å². The highest BCUT2D eigenvalue weighted by molar-refractivity contribution is 7.98. The first-order chi connectivity index (χ1) is 9.31. The van der Waals surface area contributed by atoms with Gasteiger partial charge in [0, 0.05) is 24.0 Å². The van der Waals surface area contributed by atoms with Crippen LogP contribution in [0.4, 0.5) is 0 Å². The van der Waals surface area contributed by atoms with E-state index in [1.54, 1.807) is 11.8 Å². The molecule has 0 aromatic heterocycles. The molecule has 20 heavy (non-hydrogen) atoms. The number of nitrogens with zero attached hydrogens (tertiary/aromatic N) is 1. The van der Waals surface area contributed by atoms with E-state index in [2.05, 4.69) is 47.8 Å². The maximum absolute atomic E-state index is 5.81. The van der Waals surface area contributed by atoms with Gasteiger partial charge in [-0.25, -0.2) is 0 Å². The van der Waals surface area contributed by atoms with Gasteiger partial charge >= 0.3 is 0 Å². The van der Waals surface area contributed by atoms with E-state index in [1.807, 2.05) is 0 Å². The van der Waals surface area contributed by atoms with E-state index in [-0.39, 0.29) is 12.4 Å². The zero-order chi connectivity index (χ0) is 13.5. The summed E-state index contributed by atoms with van der Waals surface area (Å²) in [6, 6.07) is 8.97. The zero-order valence-corrected chi connectivity index (χ0v) is 13.9. The topological polar surface area (TPSA) is 24.5 Å². The van der Waals surface area contributed by atoms with E-state index in [4.69, 9.17) is 4.74 Å². The maximum atomic E-state index is 5.81. The van der Waals surface area contributed by atoms with Gasteiger partial charge in [-0.05, 0) is 57.0 Å². The number of halogens is 1. The van der Waals surface area contributed by atoms with E-state index in [0.29, 0.717) is 6.04 Å². The van der Waals surface area contributed by atoms with Crippen molar-refractivity contribution in [1.29, 1.82) is 0 Å². The maximum Gasteiger partial charge on any atom is 0.119 e. The standard InChI is InChI=1S/C15H24N2OS.ClH/c1-16-13-4-3-9-17(12-13)10-11-18-14-5-7-15(19-2)8-6-14;/h5-8,13,16H,3-4,9-12H2,1-2H3;1H. The third kappa shape index (κ3) is 5.52. The van der Waals surface area contributed by atoms with E-state index >= 15 is 0 Å². The summed E-state index contributed by atoms with van der Waals surface area (Å²) in [7, 11) is 2.05. The summed E-state index contributed by atoms with van der Waals surface area (Å²) in [4.78, 5) is 3.77. The fourth-order valence-electron chi connectivity index (χ4n) is 2.46. The molecule has 0 saturated carbocycles. The smallest absolute Gasteiger partial charge is 0.119 e. The van der Waals surface area contributed by atoms with Gasteiger partial charge in [0.15, 0.2) is 0 Å². The van der Waals surface area contributed by atoms with Crippen LogP contribution >= 0.6 is 24.2 Å². The minimum atomic E-state index is 0. The molecule has 3 nitrogen and oxygen atoms in total. The Labute approximate surface area is 132 Å². The lowest BCUT2D eigenvalue weighted by Crippen LogP contribution is -2.45. The van der Waals surface area contributed by atoms with E-state index in [9.17, 15) is 0 Å². The van der Waals surface area contributed by atoms with Crippen molar-refractivity contribution in [3.05, 3.63) is 24.3 Å². The summed E-state index contributed by atoms with van der Waals surface area (Å²) in [5, 5.41) is 3.37. The molecule has 1 atom stereocenters. The molecule has 5 heteroatoms. The second kappa shape index (κ2) is 9.50. The lowest BCUT2D eigenvalue weighted by atomic mass is 10.1. The highest BCUT2D eigenvalue weighted by Crippen LogP contribution is 2.19. The van der Waals surface area contributed by atoms with Gasteiger partial charge in [0.25, 0.3) is 0 Å². The van der Waals surface area contributed by atoms with Crippen LogP contribution in [0.2, 0.25) is 0 Å². The summed E-state index contributed by atoms with van der Waals surface area (Å²) >= 11 is 1.76. The fraction of sp³-hybridized carbons (Fsp3) is 0.600. The molecule has 1 unspecified atom stereocenters. The van der Waals surface area contributed by atoms with Gasteiger partial charge in [0.2, 0.25) is 0 Å². The lowest BCUT2D eigenvalue weighted by molar-refractivity contribution is 0.162. The number of nitrogens with one attached hydrogen (secondary N) is 1. The predicted molar refractivity (Wildman–Crippen MR) is 89.5 cm³/mol. The number of hydrogen-bond donors (Lipinski definition) is 1. The Kier molecular flexibility index (Phi) is 8.38. The van der Waals surface area contributed by atoms with Crippen LogP contribution in [-0.2, 0) is 0 Å². The van der Waals surface area contributed by atoms with Crippen molar-refractivity contribution in [3.8, 4) is 5.75 Å². The Morgan fingerprint density at radius 1 is 1.35 bits per heavy atom. The molecule has 1 heterocycles. The van der Waals surface area contributed by atoms with Crippen molar-refractivity contribution in [2.75, 3.05) is 39.5 Å². The molecule has 0 spiro atoms. The average Bonchev–Trinajstić information content (AvgIpc) is 2.48. The fourth-order valence-corrected chi connectivity index (χ4v) is 2.87. The second-order valence-electron chi connectivity index (χ2n) is 4.95. The minimum Gasteiger partial charge on any atom is -0.492 e. The van der Waals surface area contributed by atoms with E-state index < -0.39 is 0 Å². The zero-order valence-electron chi connectivity index (χ0n) is 12.3. The summed E-state index contributed by atoms with van der Waals surface area (Å²) in [5.74, 6) is 0.972. The van der Waals surface area contributed by atoms with Gasteiger partial charge in [0.1, 0.15) is 12.4 Å². The number of likely N-dealkylation sites (N-methyl/N-ethyl adjacent to an activating group) is 1. The minimum absolute atomic E-state index is 0. The summed E-state index contributed by atoms with van der Waals surface area (Å²) in [5.41, 5.74) is 0. The Bertz CT molecular complexity index is 375. The molecule has 114 valence electrons. The predicted octanol–water partition coefficient (Wildman–Crippen LogP) is 2.89. The van der Waals surface area contributed by atoms with E-state index in [0.717, 1.165) is 25.4 Å². The highest BCUT2D eigenvalue weighted by atomic mass is 35.5. The van der Waals surface area contributed by atoms with Crippen LogP contribution < -0.4 is 10.1 Å². The molecule has 0 bridgehead atoms. The molecule has 0 amide bonds. The Balaban J connectivity index is 0.00000200. The van der Waals surface area contributed by atoms with Gasteiger partial charge in [-0.2, -0.15) is 0 Å². The van der Waals surface area contributed by atoms with Crippen LogP contribution in [0.5, 0.6) is 5.75 Å². The molecule has 1 aromatic carbocycles. The van der Waals surface area contributed by atoms with Crippen molar-refractivity contribution in [3.63, 3.8) is 0 Å². The van der Waals surface area contributed by atoms with Gasteiger partial charge in [-0.3, -0.25) is 4.90 Å². The first kappa shape index (κ1) is 17.6. The van der Waals surface area contributed by atoms with Gasteiger partial charge in [-0.15, -0.1) is 24.2 Å². The van der Waals surface area contributed by atoms with Gasteiger partial charge in [0.05, 0.1) is 0 Å². The van der Waals surface area contributed by atoms with Crippen molar-refractivity contribution in [1.82, 2.24) is 10.2 Å². The first-order valence-electron chi connectivity index (χ1n) is 6.98. The summed E-state index contributed by atoms with van der Waals surface area (Å²) in [6.07, 6.45) is 4.67. The molecule has 1 aliphatic rings. The van der Waals surface area contributed by atoms with Crippen molar-refractivity contribution < 1.29 is 4.74 Å². The van der Waals surface area contributed by atoms with Crippen LogP contribution in [0.25, 0.3) is 0 Å². The Hall–Kier alpha value is -0.420. The third-order valence-corrected chi connectivity index (χ3v) is 4.39. The van der Waals surface area contributed by atoms with Crippen LogP contribution in [0.15, 0.2) is 29.2 Å². The normalized spacial score (nSPS) is 19.4. The second-order valence-corrected chi connectivity index (χ2v) is 5.83. The first-order valence-corrected chi connectivity index (χ1v) is 8.21. The van der Waals surface area contributed by atoms with Crippen molar-refractivity contribution >= 4 is 24.2 Å². The van der Waals surface area contributed by atoms with Crippen LogP contribution in [0.3, 0.4) is 0 Å². The van der Waals surface area contributed by atoms with Gasteiger partial charge < -0.3 is 10.1 Å². The number of piperidine rings is 1. The molecule has 1 fully saturated rings. The number of likely N-dealkylation sites (tertiary alicyclic amines) is 1. The van der Waals surface area contributed by atoms with Crippen LogP contribution in [0, 0.1) is 0 Å². The molecule has 0 radical (unpaired) electrons. The highest BCUT2D eigenvalue weighted by Gasteiger charge is 2.17. The molecule has 0 aliphatic carbocycles. The molecule has 1 saturated heterocycles. The number of rotatable bonds is 6. The molecule has 1 aromatic rings. The number of ether oxygens (including phenoxy) is 1. The Morgan fingerprint density at radius 2 is 2.10 bits per heavy atom. The quantitative estimate of drug-likeness (QED) is 0.816. The molecule has 1 N–H and O–H groups in total.